The molecule has 0 bridgehead atoms. The number of hydrogen-bond acceptors (Lipinski definition) is 4. The van der Waals surface area contributed by atoms with E-state index in [1.165, 1.54) is 10.5 Å². The SMILES string of the molecule is CCCCCCN1C(=O)C(c2ccccc2OC)=C(N2CCc3ccccc32)C1=O. The summed E-state index contributed by atoms with van der Waals surface area (Å²) in [5.74, 6) is 0.181. The van der Waals surface area contributed by atoms with Gasteiger partial charge in [0.15, 0.2) is 0 Å². The number of ether oxygens (including phenoxy) is 1. The molecule has 0 unspecified atom stereocenters. The molecule has 5 heteroatoms. The fourth-order valence-electron chi connectivity index (χ4n) is 4.38. The molecule has 0 fully saturated rings. The third-order valence-corrected chi connectivity index (χ3v) is 5.91. The Morgan fingerprint density at radius 3 is 2.50 bits per heavy atom. The van der Waals surface area contributed by atoms with Crippen molar-refractivity contribution in [3.8, 4) is 5.75 Å². The van der Waals surface area contributed by atoms with Crippen molar-refractivity contribution in [1.82, 2.24) is 4.90 Å². The zero-order valence-electron chi connectivity index (χ0n) is 17.7. The van der Waals surface area contributed by atoms with Crippen LogP contribution in [0.2, 0.25) is 0 Å². The first-order valence-electron chi connectivity index (χ1n) is 10.8. The molecule has 0 atom stereocenters. The minimum atomic E-state index is -0.222. The molecule has 0 spiro atoms. The summed E-state index contributed by atoms with van der Waals surface area (Å²) < 4.78 is 5.54. The highest BCUT2D eigenvalue weighted by Gasteiger charge is 2.43. The molecule has 2 amide bonds. The summed E-state index contributed by atoms with van der Waals surface area (Å²) >= 11 is 0. The average molecular weight is 405 g/mol. The van der Waals surface area contributed by atoms with Gasteiger partial charge in [-0.15, -0.1) is 0 Å². The van der Waals surface area contributed by atoms with E-state index in [9.17, 15) is 9.59 Å². The molecule has 4 rings (SSSR count). The number of imide groups is 1. The predicted molar refractivity (Wildman–Crippen MR) is 118 cm³/mol. The maximum Gasteiger partial charge on any atom is 0.278 e. The number of carbonyl (C=O) groups is 2. The van der Waals surface area contributed by atoms with Crippen LogP contribution in [-0.2, 0) is 16.0 Å². The zero-order valence-corrected chi connectivity index (χ0v) is 17.7. The lowest BCUT2D eigenvalue weighted by Crippen LogP contribution is -2.35. The molecule has 0 N–H and O–H groups in total. The summed E-state index contributed by atoms with van der Waals surface area (Å²) in [6.45, 7) is 3.29. The van der Waals surface area contributed by atoms with E-state index >= 15 is 0 Å². The van der Waals surface area contributed by atoms with Gasteiger partial charge >= 0.3 is 0 Å². The number of para-hydroxylation sites is 2. The number of hydrogen-bond donors (Lipinski definition) is 0. The highest BCUT2D eigenvalue weighted by molar-refractivity contribution is 6.37. The number of rotatable bonds is 8. The normalized spacial score (nSPS) is 15.9. The number of anilines is 1. The Labute approximate surface area is 177 Å². The van der Waals surface area contributed by atoms with Crippen LogP contribution < -0.4 is 9.64 Å². The minimum absolute atomic E-state index is 0.200. The molecule has 2 aromatic carbocycles. The molecule has 0 aromatic heterocycles. The van der Waals surface area contributed by atoms with Gasteiger partial charge in [0.25, 0.3) is 11.8 Å². The second-order valence-corrected chi connectivity index (χ2v) is 7.78. The van der Waals surface area contributed by atoms with E-state index in [1.54, 1.807) is 7.11 Å². The third kappa shape index (κ3) is 3.49. The van der Waals surface area contributed by atoms with Gasteiger partial charge in [0.1, 0.15) is 11.4 Å². The van der Waals surface area contributed by atoms with Gasteiger partial charge in [-0.05, 0) is 30.5 Å². The number of methoxy groups -OCH3 is 1. The average Bonchev–Trinajstić information content (AvgIpc) is 3.30. The minimum Gasteiger partial charge on any atom is -0.496 e. The molecule has 2 heterocycles. The Hall–Kier alpha value is -3.08. The van der Waals surface area contributed by atoms with Gasteiger partial charge < -0.3 is 9.64 Å². The van der Waals surface area contributed by atoms with Crippen LogP contribution in [0.1, 0.15) is 43.7 Å². The van der Waals surface area contributed by atoms with E-state index in [0.717, 1.165) is 37.8 Å². The van der Waals surface area contributed by atoms with Crippen molar-refractivity contribution < 1.29 is 14.3 Å². The number of amides is 2. The molecule has 5 nitrogen and oxygen atoms in total. The van der Waals surface area contributed by atoms with Gasteiger partial charge in [-0.1, -0.05) is 62.6 Å². The molecule has 30 heavy (non-hydrogen) atoms. The first kappa shape index (κ1) is 20.2. The summed E-state index contributed by atoms with van der Waals surface area (Å²) in [5.41, 5.74) is 3.81. The van der Waals surface area contributed by atoms with Gasteiger partial charge in [0.2, 0.25) is 0 Å². The van der Waals surface area contributed by atoms with Crippen LogP contribution >= 0.6 is 0 Å². The van der Waals surface area contributed by atoms with Crippen molar-refractivity contribution in [2.75, 3.05) is 25.1 Å². The van der Waals surface area contributed by atoms with Crippen LogP contribution in [-0.4, -0.2) is 36.9 Å². The van der Waals surface area contributed by atoms with Crippen LogP contribution in [0.15, 0.2) is 54.2 Å². The molecule has 2 aliphatic rings. The number of fused-ring (bicyclic) bond motifs is 1. The lowest BCUT2D eigenvalue weighted by Gasteiger charge is -2.22. The Bertz CT molecular complexity index is 995. The van der Waals surface area contributed by atoms with Crippen LogP contribution in [0.25, 0.3) is 5.57 Å². The highest BCUT2D eigenvalue weighted by atomic mass is 16.5. The Morgan fingerprint density at radius 1 is 0.933 bits per heavy atom. The maximum atomic E-state index is 13.5. The summed E-state index contributed by atoms with van der Waals surface area (Å²) in [6, 6.07) is 15.5. The van der Waals surface area contributed by atoms with Gasteiger partial charge in [-0.2, -0.15) is 0 Å². The molecule has 2 aromatic rings. The molecule has 0 radical (unpaired) electrons. The van der Waals surface area contributed by atoms with Crippen molar-refractivity contribution in [3.63, 3.8) is 0 Å². The Kier molecular flexibility index (Phi) is 5.88. The largest absolute Gasteiger partial charge is 0.496 e. The molecular formula is C25H28N2O3. The second-order valence-electron chi connectivity index (χ2n) is 7.78. The first-order valence-corrected chi connectivity index (χ1v) is 10.8. The molecule has 0 aliphatic carbocycles. The quantitative estimate of drug-likeness (QED) is 0.483. The summed E-state index contributed by atoms with van der Waals surface area (Å²) in [7, 11) is 1.59. The number of carbonyl (C=O) groups excluding carboxylic acids is 2. The standard InChI is InChI=1S/C25H28N2O3/c1-3-4-5-10-16-27-24(28)22(19-12-7-9-14-21(19)30-2)23(25(27)29)26-17-15-18-11-6-8-13-20(18)26/h6-9,11-14H,3-5,10,15-17H2,1-2H3. The smallest absolute Gasteiger partial charge is 0.278 e. The van der Waals surface area contributed by atoms with Gasteiger partial charge in [-0.25, -0.2) is 0 Å². The topological polar surface area (TPSA) is 49.9 Å². The van der Waals surface area contributed by atoms with Crippen LogP contribution in [0.3, 0.4) is 0 Å². The van der Waals surface area contributed by atoms with E-state index in [2.05, 4.69) is 13.0 Å². The Balaban J connectivity index is 1.78. The fraction of sp³-hybridized carbons (Fsp3) is 0.360. The van der Waals surface area contributed by atoms with E-state index < -0.39 is 0 Å². The number of unbranched alkanes of at least 4 members (excludes halogenated alkanes) is 3. The predicted octanol–water partition coefficient (Wildman–Crippen LogP) is 4.42. The molecule has 156 valence electrons. The number of nitrogens with zero attached hydrogens (tertiary/aromatic N) is 2. The van der Waals surface area contributed by atoms with Gasteiger partial charge in [-0.3, -0.25) is 14.5 Å². The molecule has 2 aliphatic heterocycles. The van der Waals surface area contributed by atoms with Crippen molar-refractivity contribution in [1.29, 1.82) is 0 Å². The van der Waals surface area contributed by atoms with E-state index in [4.69, 9.17) is 4.74 Å². The highest BCUT2D eigenvalue weighted by Crippen LogP contribution is 2.40. The maximum absolute atomic E-state index is 13.5. The van der Waals surface area contributed by atoms with Crippen LogP contribution in [0.5, 0.6) is 5.75 Å². The molecule has 0 saturated heterocycles. The molecular weight excluding hydrogens is 376 g/mol. The Morgan fingerprint density at radius 2 is 1.70 bits per heavy atom. The van der Waals surface area contributed by atoms with Gasteiger partial charge in [0, 0.05) is 24.3 Å². The lowest BCUT2D eigenvalue weighted by molar-refractivity contribution is -0.137. The summed E-state index contributed by atoms with van der Waals surface area (Å²) in [6.07, 6.45) is 4.92. The third-order valence-electron chi connectivity index (χ3n) is 5.91. The number of benzene rings is 2. The molecule has 0 saturated carbocycles. The van der Waals surface area contributed by atoms with Crippen LogP contribution in [0, 0.1) is 0 Å². The van der Waals surface area contributed by atoms with E-state index in [-0.39, 0.29) is 11.8 Å². The second kappa shape index (κ2) is 8.74. The summed E-state index contributed by atoms with van der Waals surface area (Å²) in [5, 5.41) is 0. The lowest BCUT2D eigenvalue weighted by atomic mass is 10.0. The summed E-state index contributed by atoms with van der Waals surface area (Å²) in [4.78, 5) is 30.5. The monoisotopic (exact) mass is 404 g/mol. The van der Waals surface area contributed by atoms with E-state index in [1.807, 2.05) is 47.4 Å². The van der Waals surface area contributed by atoms with Crippen LogP contribution in [0.4, 0.5) is 5.69 Å². The van der Waals surface area contributed by atoms with Crippen molar-refractivity contribution in [3.05, 3.63) is 65.4 Å². The fourth-order valence-corrected chi connectivity index (χ4v) is 4.38. The van der Waals surface area contributed by atoms with Crippen molar-refractivity contribution >= 4 is 23.1 Å². The first-order chi connectivity index (χ1) is 14.7. The van der Waals surface area contributed by atoms with Crippen molar-refractivity contribution in [2.24, 2.45) is 0 Å². The van der Waals surface area contributed by atoms with Crippen molar-refractivity contribution in [2.45, 2.75) is 39.0 Å². The zero-order chi connectivity index (χ0) is 21.1. The van der Waals surface area contributed by atoms with Gasteiger partial charge in [0.05, 0.1) is 12.7 Å². The van der Waals surface area contributed by atoms with E-state index in [0.29, 0.717) is 35.7 Å².